The molecule has 0 radical (unpaired) electrons. The zero-order chi connectivity index (χ0) is 40.9. The van der Waals surface area contributed by atoms with E-state index in [0.29, 0.717) is 35.1 Å². The molecule has 2 saturated heterocycles. The van der Waals surface area contributed by atoms with Crippen LogP contribution in [0.4, 0.5) is 0 Å². The molecule has 0 unspecified atom stereocenters. The highest BCUT2D eigenvalue weighted by atomic mass is 35.5. The number of H-pyrrole nitrogens is 1. The summed E-state index contributed by atoms with van der Waals surface area (Å²) >= 11 is 15.2. The molecule has 0 aliphatic carbocycles. The highest BCUT2D eigenvalue weighted by molar-refractivity contribution is 7.16. The molecule has 0 bridgehead atoms. The highest BCUT2D eigenvalue weighted by Crippen LogP contribution is 2.30. The lowest BCUT2D eigenvalue weighted by Crippen LogP contribution is -2.19. The standard InChI is InChI=1S/C22H23ClN2O3S.C14H17ClN2OS.C8H8O2/c1-27-20-5-3-2-4-18(20)22(26)25-16(6-7-17-8-9-21(23)29-17)14-19(24-25)15-10-12-28-13-11-15;15-14-4-3-12(19-14)2-1-11-9-13(17-16-11)10-5-7-18-8-6-10;1-6-4-2-3-5-7(6)8(9)10/h2-5,8-9,14-15H,6-7,10-13H2,1H3;3-4,9-10H,1-2,5-8H2,(H,16,17);2-5H,1H3,(H,9,10). The number of thiophene rings is 2. The number of methoxy groups -OCH3 is 1. The molecule has 8 rings (SSSR count). The van der Waals surface area contributed by atoms with Crippen LogP contribution < -0.4 is 4.74 Å². The number of para-hydroxylation sites is 1. The number of carboxylic acids is 1. The number of carboxylic acid groups (broad SMARTS) is 1. The fourth-order valence-electron chi connectivity index (χ4n) is 6.93. The van der Waals surface area contributed by atoms with Crippen molar-refractivity contribution in [1.29, 1.82) is 0 Å². The molecule has 2 aliphatic heterocycles. The van der Waals surface area contributed by atoms with Gasteiger partial charge >= 0.3 is 5.97 Å². The van der Waals surface area contributed by atoms with Crippen molar-refractivity contribution in [3.63, 3.8) is 0 Å². The van der Waals surface area contributed by atoms with Gasteiger partial charge in [-0.3, -0.25) is 9.89 Å². The van der Waals surface area contributed by atoms with Gasteiger partial charge in [-0.2, -0.15) is 10.2 Å². The Hall–Kier alpha value is -4.30. The van der Waals surface area contributed by atoms with Crippen molar-refractivity contribution in [1.82, 2.24) is 20.0 Å². The topological polar surface area (TPSA) is 129 Å². The van der Waals surface area contributed by atoms with E-state index in [1.807, 2.05) is 36.4 Å². The molecular formula is C44H48Cl2N4O6S2. The third-order valence-corrected chi connectivity index (χ3v) is 12.7. The van der Waals surface area contributed by atoms with Crippen LogP contribution in [0.1, 0.15) is 96.3 Å². The number of benzene rings is 2. The lowest BCUT2D eigenvalue weighted by Gasteiger charge is -2.19. The summed E-state index contributed by atoms with van der Waals surface area (Å²) in [5.41, 5.74) is 5.98. The van der Waals surface area contributed by atoms with Crippen LogP contribution in [0.3, 0.4) is 0 Å². The SMILES string of the molecule is COc1ccccc1C(=O)n1nc(C2CCOCC2)cc1CCc1ccc(Cl)s1.Cc1ccccc1C(=O)O.Clc1ccc(CCc2cc(C3CCOCC3)n[nH]2)s1. The van der Waals surface area contributed by atoms with Crippen molar-refractivity contribution in [2.45, 2.75) is 70.1 Å². The Labute approximate surface area is 357 Å². The number of carbonyl (C=O) groups excluding carboxylic acids is 1. The monoisotopic (exact) mass is 862 g/mol. The predicted octanol–water partition coefficient (Wildman–Crippen LogP) is 10.5. The highest BCUT2D eigenvalue weighted by Gasteiger charge is 2.25. The minimum absolute atomic E-state index is 0.167. The molecule has 0 spiro atoms. The summed E-state index contributed by atoms with van der Waals surface area (Å²) in [6.07, 6.45) is 7.58. The number of aromatic nitrogens is 4. The van der Waals surface area contributed by atoms with Gasteiger partial charge in [0.2, 0.25) is 0 Å². The maximum atomic E-state index is 13.3. The van der Waals surface area contributed by atoms with Gasteiger partial charge in [0.05, 0.1) is 38.3 Å². The quantitative estimate of drug-likeness (QED) is 0.132. The molecule has 306 valence electrons. The second-order valence-electron chi connectivity index (χ2n) is 14.1. The zero-order valence-electron chi connectivity index (χ0n) is 32.6. The minimum Gasteiger partial charge on any atom is -0.496 e. The number of aromatic amines is 1. The molecule has 4 aromatic heterocycles. The number of carbonyl (C=O) groups is 2. The van der Waals surface area contributed by atoms with Crippen LogP contribution in [0.15, 0.2) is 84.9 Å². The first kappa shape index (κ1) is 43.3. The van der Waals surface area contributed by atoms with E-state index in [2.05, 4.69) is 28.4 Å². The van der Waals surface area contributed by atoms with Gasteiger partial charge in [0, 0.05) is 59.4 Å². The van der Waals surface area contributed by atoms with Gasteiger partial charge < -0.3 is 19.3 Å². The smallest absolute Gasteiger partial charge is 0.335 e. The van der Waals surface area contributed by atoms with Gasteiger partial charge in [0.15, 0.2) is 0 Å². The summed E-state index contributed by atoms with van der Waals surface area (Å²) < 4.78 is 19.5. The molecule has 2 fully saturated rings. The number of ether oxygens (including phenoxy) is 3. The Bertz CT molecular complexity index is 2240. The van der Waals surface area contributed by atoms with Crippen molar-refractivity contribution in [3.05, 3.63) is 143 Å². The van der Waals surface area contributed by atoms with E-state index in [9.17, 15) is 9.59 Å². The number of aryl methyl sites for hydroxylation is 5. The number of rotatable bonds is 11. The van der Waals surface area contributed by atoms with E-state index in [0.717, 1.165) is 97.0 Å². The Balaban J connectivity index is 0.000000167. The van der Waals surface area contributed by atoms with E-state index >= 15 is 0 Å². The third kappa shape index (κ3) is 12.1. The number of aromatic carboxylic acids is 1. The van der Waals surface area contributed by atoms with E-state index in [1.54, 1.807) is 71.7 Å². The normalized spacial score (nSPS) is 14.6. The lowest BCUT2D eigenvalue weighted by atomic mass is 9.96. The van der Waals surface area contributed by atoms with Crippen molar-refractivity contribution in [2.75, 3.05) is 33.5 Å². The first-order valence-corrected chi connectivity index (χ1v) is 21.8. The first-order valence-electron chi connectivity index (χ1n) is 19.4. The van der Waals surface area contributed by atoms with E-state index in [1.165, 1.54) is 21.1 Å². The average Bonchev–Trinajstić information content (AvgIpc) is 4.08. The van der Waals surface area contributed by atoms with Gasteiger partial charge in [0.1, 0.15) is 5.75 Å². The summed E-state index contributed by atoms with van der Waals surface area (Å²) in [5, 5.41) is 20.9. The second kappa shape index (κ2) is 21.6. The molecule has 6 aromatic rings. The van der Waals surface area contributed by atoms with Crippen LogP contribution in [0.5, 0.6) is 5.75 Å². The molecule has 0 amide bonds. The lowest BCUT2D eigenvalue weighted by molar-refractivity contribution is 0.0695. The van der Waals surface area contributed by atoms with E-state index < -0.39 is 5.97 Å². The molecule has 2 N–H and O–H groups in total. The van der Waals surface area contributed by atoms with Crippen LogP contribution in [0.25, 0.3) is 0 Å². The van der Waals surface area contributed by atoms with Gasteiger partial charge in [-0.05, 0) is 118 Å². The molecule has 0 saturated carbocycles. The van der Waals surface area contributed by atoms with Crippen LogP contribution in [0, 0.1) is 6.92 Å². The number of nitrogens with zero attached hydrogens (tertiary/aromatic N) is 3. The largest absolute Gasteiger partial charge is 0.496 e. The summed E-state index contributed by atoms with van der Waals surface area (Å²) in [4.78, 5) is 26.3. The molecular weight excluding hydrogens is 816 g/mol. The second-order valence-corrected chi connectivity index (χ2v) is 17.7. The first-order chi connectivity index (χ1) is 28.2. The molecule has 0 atom stereocenters. The van der Waals surface area contributed by atoms with E-state index in [4.69, 9.17) is 47.6 Å². The number of nitrogens with one attached hydrogen (secondary N) is 1. The molecule has 2 aromatic carbocycles. The van der Waals surface area contributed by atoms with Crippen molar-refractivity contribution in [3.8, 4) is 5.75 Å². The van der Waals surface area contributed by atoms with Crippen molar-refractivity contribution in [2.24, 2.45) is 0 Å². The Kier molecular flexibility index (Phi) is 16.1. The van der Waals surface area contributed by atoms with Crippen molar-refractivity contribution >= 4 is 57.8 Å². The third-order valence-electron chi connectivity index (χ3n) is 10.2. The summed E-state index contributed by atoms with van der Waals surface area (Å²) in [6.45, 7) is 4.98. The molecule has 6 heterocycles. The summed E-state index contributed by atoms with van der Waals surface area (Å²) in [6, 6.07) is 26.5. The number of halogens is 2. The molecule has 14 heteroatoms. The Morgan fingerprint density at radius 3 is 1.90 bits per heavy atom. The molecule has 2 aliphatic rings. The molecule has 58 heavy (non-hydrogen) atoms. The average molecular weight is 864 g/mol. The van der Waals surface area contributed by atoms with Gasteiger partial charge in [0.25, 0.3) is 5.91 Å². The maximum absolute atomic E-state index is 13.3. The van der Waals surface area contributed by atoms with Crippen molar-refractivity contribution < 1.29 is 28.9 Å². The fraction of sp³-hybridized carbons (Fsp3) is 0.364. The van der Waals surface area contributed by atoms with E-state index in [-0.39, 0.29) is 5.91 Å². The van der Waals surface area contributed by atoms with Gasteiger partial charge in [-0.15, -0.1) is 22.7 Å². The van der Waals surface area contributed by atoms with Crippen LogP contribution in [-0.2, 0) is 35.2 Å². The zero-order valence-corrected chi connectivity index (χ0v) is 35.8. The summed E-state index contributed by atoms with van der Waals surface area (Å²) in [7, 11) is 1.57. The van der Waals surface area contributed by atoms with Crippen LogP contribution in [0.2, 0.25) is 8.67 Å². The number of hydrogen-bond donors (Lipinski definition) is 2. The summed E-state index contributed by atoms with van der Waals surface area (Å²) in [5.74, 6) is 0.412. The van der Waals surface area contributed by atoms with Gasteiger partial charge in [-0.1, -0.05) is 53.5 Å². The Morgan fingerprint density at radius 1 is 0.776 bits per heavy atom. The number of hydrogen-bond acceptors (Lipinski definition) is 9. The van der Waals surface area contributed by atoms with Crippen LogP contribution >= 0.6 is 45.9 Å². The Morgan fingerprint density at radius 2 is 1.34 bits per heavy atom. The van der Waals surface area contributed by atoms with Crippen LogP contribution in [-0.4, -0.2) is 70.5 Å². The maximum Gasteiger partial charge on any atom is 0.335 e. The fourth-order valence-corrected chi connectivity index (χ4v) is 9.10. The molecule has 10 nitrogen and oxygen atoms in total. The predicted molar refractivity (Wildman–Crippen MR) is 231 cm³/mol. The van der Waals surface area contributed by atoms with Gasteiger partial charge in [-0.25, -0.2) is 9.48 Å². The minimum atomic E-state index is -0.863.